The number of aliphatic hydroxyl groups is 4. The van der Waals surface area contributed by atoms with Gasteiger partial charge in [-0.3, -0.25) is 91.1 Å². The van der Waals surface area contributed by atoms with Crippen LogP contribution < -0.4 is 48.3 Å². The predicted octanol–water partition coefficient (Wildman–Crippen LogP) is 1.89. The molecular formula is C92H132N10O28. The first-order valence-corrected chi connectivity index (χ1v) is 44.3. The van der Waals surface area contributed by atoms with Gasteiger partial charge in [0.2, 0.25) is 53.2 Å². The molecule has 130 heavy (non-hydrogen) atoms. The van der Waals surface area contributed by atoms with E-state index in [1.165, 1.54) is 55.5 Å². The van der Waals surface area contributed by atoms with E-state index in [1.807, 2.05) is 0 Å². The highest BCUT2D eigenvalue weighted by Gasteiger charge is 2.41. The fourth-order valence-corrected chi connectivity index (χ4v) is 15.0. The number of carboxylic acids is 3. The third kappa shape index (κ3) is 39.8. The number of carbonyl (C=O) groups is 19. The summed E-state index contributed by atoms with van der Waals surface area (Å²) in [5.74, 6) is -30.4. The van der Waals surface area contributed by atoms with Crippen molar-refractivity contribution in [1.29, 1.82) is 0 Å². The van der Waals surface area contributed by atoms with Crippen LogP contribution in [0, 0.1) is 53.3 Å². The quantitative estimate of drug-likeness (QED) is 0.0359. The summed E-state index contributed by atoms with van der Waals surface area (Å²) in [6.07, 6.45) is -8.59. The summed E-state index contributed by atoms with van der Waals surface area (Å²) >= 11 is 0. The number of unbranched alkanes of at least 4 members (excludes halogenated alkanes) is 1. The zero-order valence-electron chi connectivity index (χ0n) is 75.2. The van der Waals surface area contributed by atoms with Crippen molar-refractivity contribution in [3.05, 3.63) is 95.6 Å². The fraction of sp³-hybridized carbons (Fsp3) is 0.598. The first-order chi connectivity index (χ1) is 61.4. The lowest BCUT2D eigenvalue weighted by Gasteiger charge is -2.28. The predicted molar refractivity (Wildman–Crippen MR) is 469 cm³/mol. The van der Waals surface area contributed by atoms with Crippen molar-refractivity contribution in [2.45, 2.75) is 258 Å². The molecule has 0 spiro atoms. The Morgan fingerprint density at radius 3 is 1.42 bits per heavy atom. The number of benzene rings is 3. The van der Waals surface area contributed by atoms with Gasteiger partial charge in [0, 0.05) is 95.2 Å². The lowest BCUT2D eigenvalue weighted by molar-refractivity contribution is -0.143. The lowest BCUT2D eigenvalue weighted by atomic mass is 9.85. The van der Waals surface area contributed by atoms with Crippen molar-refractivity contribution in [3.63, 3.8) is 0 Å². The maximum Gasteiger partial charge on any atom is 0.304 e. The number of likely N-dealkylation sites (tertiary alicyclic amines) is 1. The maximum atomic E-state index is 14.8. The molecule has 0 radical (unpaired) electrons. The summed E-state index contributed by atoms with van der Waals surface area (Å²) in [5.41, 5.74) is 6.77. The van der Waals surface area contributed by atoms with Crippen molar-refractivity contribution in [3.8, 4) is 11.5 Å². The van der Waals surface area contributed by atoms with E-state index in [1.54, 1.807) is 69.9 Å². The van der Waals surface area contributed by atoms with Gasteiger partial charge in [-0.1, -0.05) is 95.1 Å². The normalized spacial score (nSPS) is 16.0. The first kappa shape index (κ1) is 111. The molecule has 718 valence electrons. The minimum atomic E-state index is -1.99. The number of carboxylic acid groups (broad SMARTS) is 3. The highest BCUT2D eigenvalue weighted by molar-refractivity contribution is 6.01. The van der Waals surface area contributed by atoms with Crippen molar-refractivity contribution in [2.24, 2.45) is 59.0 Å². The molecule has 1 fully saturated rings. The summed E-state index contributed by atoms with van der Waals surface area (Å²) in [7, 11) is 0. The van der Waals surface area contributed by atoms with E-state index in [0.717, 1.165) is 26.7 Å². The number of piperidine rings is 1. The number of nitrogens with one attached hydrogen (secondary N) is 8. The third-order valence-electron chi connectivity index (χ3n) is 23.0. The Bertz CT molecular complexity index is 4330. The summed E-state index contributed by atoms with van der Waals surface area (Å²) < 4.78 is 0. The Morgan fingerprint density at radius 2 is 0.908 bits per heavy atom. The Balaban J connectivity index is 1.54. The van der Waals surface area contributed by atoms with E-state index in [-0.39, 0.29) is 80.0 Å². The standard InChI is InChI=1S/C92H132N10O28/c1-9-52(4)85(79(115)42-61(36-58-21-26-65(107)27-22-58)88(126)97-70(35-51(2)3)75(111)40-62(44-83(120)121)87(125)95-53(5)17-13-15-32-93)101-90(128)64(49-103)43-76(112)71(38-59-23-28-66(108)29-24-59)98-89(127)63(45-84(122)123)41-77(113)73(50-104)100-92(130)69(56(8)106)47-78(114)72(37-57-18-11-10-12-19-57)99-91(129)68(55(7)105)46-67(109)48-94-86(124)60(25-30-82(118)119)39-74(110)54(6)96-80(116)31-34-102-33-16-14-20-81(102)117/h10-12,18-19,21-24,26-29,51-56,60-64,68-73,85,103-108H,9,13-17,20,25,30-50,93H2,1-8H3,(H,94,124)(H,95,125)(H,96,116)(H,97,126)(H,98,127)(H,99,129)(H,100,130)(H,101,128)(H,118,119)(H,120,121)(H,122,123)/t52-,53+,54+,55+,56+,60+,61+,62-,63-,64-,68-,69-,70-,71-,72-,73-,85-/m0/s1. The number of nitrogens with two attached hydrogens (primary N) is 1. The molecule has 0 aliphatic carbocycles. The second kappa shape index (κ2) is 56.8. The molecule has 3 aromatic rings. The van der Waals surface area contributed by atoms with E-state index in [0.29, 0.717) is 49.9 Å². The number of phenolic OH excluding ortho intramolecular Hbond substituents is 2. The van der Waals surface area contributed by atoms with Crippen LogP contribution in [-0.4, -0.2) is 256 Å². The molecular weight excluding hydrogens is 1690 g/mol. The number of Topliss-reactive ketones (excluding diaryl/α,β-unsaturated/α-hetero) is 7. The molecule has 19 N–H and O–H groups in total. The number of amides is 9. The summed E-state index contributed by atoms with van der Waals surface area (Å²) in [6.45, 7) is 10.1. The van der Waals surface area contributed by atoms with Gasteiger partial charge in [0.25, 0.3) is 0 Å². The Morgan fingerprint density at radius 1 is 0.438 bits per heavy atom. The van der Waals surface area contributed by atoms with Crippen molar-refractivity contribution >= 4 is 112 Å². The topological polar surface area (TPSA) is 632 Å². The van der Waals surface area contributed by atoms with Gasteiger partial charge in [0.15, 0.2) is 40.5 Å². The zero-order chi connectivity index (χ0) is 97.2. The molecule has 38 nitrogen and oxygen atoms in total. The van der Waals surface area contributed by atoms with Crippen molar-refractivity contribution < 1.29 is 137 Å². The molecule has 1 heterocycles. The highest BCUT2D eigenvalue weighted by atomic mass is 16.4. The SMILES string of the molecule is CC[C@H](C)[C@H](NC(=O)[C@H](CO)CC(=O)[C@H](Cc1ccc(O)cc1)NC(=O)[C@H](CC(=O)O)CC(=O)[C@H](CO)NC(=O)[C@@H](CC(=O)[C@H](Cc1ccccc1)NC(=O)[C@@H](CC(=O)CNC(=O)[C@H](CCC(=O)O)CC(=O)[C@@H](C)NC(=O)CCN1CCCCC1=O)[C@@H](C)O)[C@@H](C)O)C(=O)C[C@@H](Cc1ccc(O)cc1)C(=O)N[C@@H](CC(C)C)C(=O)C[C@@H](CC(=O)O)C(=O)N[C@H](C)CCCCN. The summed E-state index contributed by atoms with van der Waals surface area (Å²) in [4.78, 5) is 262. The molecule has 0 unspecified atom stereocenters. The number of aromatic hydroxyl groups is 2. The fourth-order valence-electron chi connectivity index (χ4n) is 15.0. The number of phenols is 2. The minimum absolute atomic E-state index is 0.0251. The lowest BCUT2D eigenvalue weighted by Crippen LogP contribution is -2.52. The molecule has 1 aliphatic heterocycles. The number of aliphatic carboxylic acids is 3. The second-order valence-corrected chi connectivity index (χ2v) is 34.4. The number of rotatable bonds is 64. The smallest absolute Gasteiger partial charge is 0.304 e. The van der Waals surface area contributed by atoms with E-state index in [9.17, 15) is 137 Å². The highest BCUT2D eigenvalue weighted by Crippen LogP contribution is 2.27. The van der Waals surface area contributed by atoms with Crippen LogP contribution in [0.1, 0.15) is 200 Å². The largest absolute Gasteiger partial charge is 0.508 e. The van der Waals surface area contributed by atoms with Crippen LogP contribution >= 0.6 is 0 Å². The summed E-state index contributed by atoms with van der Waals surface area (Å²) in [6, 6.07) is 9.27. The Hall–Kier alpha value is -11.6. The molecule has 9 amide bonds. The van der Waals surface area contributed by atoms with Gasteiger partial charge in [-0.25, -0.2) is 0 Å². The number of carbonyl (C=O) groups excluding carboxylic acids is 16. The average Bonchev–Trinajstić information content (AvgIpc) is 0.841. The van der Waals surface area contributed by atoms with Crippen LogP contribution in [-0.2, 0) is 110 Å². The van der Waals surface area contributed by atoms with E-state index < -0.39 is 292 Å². The van der Waals surface area contributed by atoms with E-state index >= 15 is 0 Å². The molecule has 0 aromatic heterocycles. The maximum absolute atomic E-state index is 14.8. The van der Waals surface area contributed by atoms with Crippen LogP contribution in [0.2, 0.25) is 0 Å². The van der Waals surface area contributed by atoms with Crippen molar-refractivity contribution in [2.75, 3.05) is 39.4 Å². The average molecular weight is 1830 g/mol. The molecule has 3 aromatic carbocycles. The minimum Gasteiger partial charge on any atom is -0.508 e. The Kier molecular flexibility index (Phi) is 48.3. The third-order valence-corrected chi connectivity index (χ3v) is 23.0. The number of nitrogens with zero attached hydrogens (tertiary/aromatic N) is 1. The van der Waals surface area contributed by atoms with Crippen LogP contribution in [0.5, 0.6) is 11.5 Å². The van der Waals surface area contributed by atoms with Gasteiger partial charge in [-0.05, 0) is 145 Å². The monoisotopic (exact) mass is 1820 g/mol. The molecule has 1 aliphatic rings. The molecule has 38 heteroatoms. The van der Waals surface area contributed by atoms with E-state index in [2.05, 4.69) is 42.5 Å². The van der Waals surface area contributed by atoms with Crippen LogP contribution in [0.3, 0.4) is 0 Å². The second-order valence-electron chi connectivity index (χ2n) is 34.4. The van der Waals surface area contributed by atoms with Gasteiger partial charge < -0.3 is 99.1 Å². The molecule has 17 atom stereocenters. The molecule has 1 saturated heterocycles. The number of aliphatic hydroxyl groups excluding tert-OH is 4. The van der Waals surface area contributed by atoms with Gasteiger partial charge >= 0.3 is 17.9 Å². The Labute approximate surface area is 755 Å². The van der Waals surface area contributed by atoms with Gasteiger partial charge in [0.1, 0.15) is 17.5 Å². The first-order valence-electron chi connectivity index (χ1n) is 44.3. The van der Waals surface area contributed by atoms with Gasteiger partial charge in [0.05, 0.1) is 105 Å². The number of hydrogen-bond acceptors (Lipinski definition) is 26. The summed E-state index contributed by atoms with van der Waals surface area (Å²) in [5, 5.41) is 114. The van der Waals surface area contributed by atoms with Gasteiger partial charge in [-0.2, -0.15) is 0 Å². The number of ketones is 7. The van der Waals surface area contributed by atoms with E-state index in [4.69, 9.17) is 5.73 Å². The van der Waals surface area contributed by atoms with Crippen LogP contribution in [0.4, 0.5) is 0 Å². The number of hydrogen-bond donors (Lipinski definition) is 18. The molecule has 4 rings (SSSR count). The van der Waals surface area contributed by atoms with Crippen molar-refractivity contribution in [1.82, 2.24) is 47.4 Å². The zero-order valence-corrected chi connectivity index (χ0v) is 75.2. The van der Waals surface area contributed by atoms with Crippen LogP contribution in [0.25, 0.3) is 0 Å². The molecule has 0 bridgehead atoms. The molecule has 0 saturated carbocycles. The van der Waals surface area contributed by atoms with Gasteiger partial charge in [-0.15, -0.1) is 0 Å². The van der Waals surface area contributed by atoms with Crippen LogP contribution in [0.15, 0.2) is 78.9 Å².